The molecular weight excluding hydrogens is 317 g/mol. The van der Waals surface area contributed by atoms with E-state index in [1.807, 2.05) is 19.9 Å². The first-order valence-electron chi connectivity index (χ1n) is 5.31. The molecule has 0 aliphatic heterocycles. The number of rotatable bonds is 2. The summed E-state index contributed by atoms with van der Waals surface area (Å²) in [4.78, 5) is 13.8. The molecule has 0 bridgehead atoms. The van der Waals surface area contributed by atoms with Crippen molar-refractivity contribution in [2.75, 3.05) is 5.32 Å². The fourth-order valence-electron chi connectivity index (χ4n) is 1.46. The summed E-state index contributed by atoms with van der Waals surface area (Å²) in [7, 11) is 0. The Kier molecular flexibility index (Phi) is 3.82. The lowest BCUT2D eigenvalue weighted by Crippen LogP contribution is -2.10. The van der Waals surface area contributed by atoms with Gasteiger partial charge in [0.1, 0.15) is 5.82 Å². The van der Waals surface area contributed by atoms with Crippen LogP contribution >= 0.6 is 27.3 Å². The molecule has 5 heteroatoms. The molecule has 2 rings (SSSR count). The standard InChI is InChI=1S/C13H11BrFNOS/c1-7-5-12(18-8(7)2)13(17)16-11-4-3-9(15)6-10(11)14/h3-6H,1-2H3,(H,16,17). The normalized spacial score (nSPS) is 10.4. The maximum Gasteiger partial charge on any atom is 0.265 e. The van der Waals surface area contributed by atoms with Gasteiger partial charge in [0, 0.05) is 9.35 Å². The van der Waals surface area contributed by atoms with Crippen molar-refractivity contribution < 1.29 is 9.18 Å². The van der Waals surface area contributed by atoms with E-state index in [0.717, 1.165) is 10.4 Å². The molecule has 0 aliphatic carbocycles. The van der Waals surface area contributed by atoms with Gasteiger partial charge in [-0.05, 0) is 59.6 Å². The van der Waals surface area contributed by atoms with Gasteiger partial charge >= 0.3 is 0 Å². The predicted octanol–water partition coefficient (Wildman–Crippen LogP) is 4.52. The van der Waals surface area contributed by atoms with Crippen molar-refractivity contribution in [2.45, 2.75) is 13.8 Å². The minimum Gasteiger partial charge on any atom is -0.320 e. The summed E-state index contributed by atoms with van der Waals surface area (Å²) in [5.41, 5.74) is 1.66. The average molecular weight is 328 g/mol. The zero-order valence-corrected chi connectivity index (χ0v) is 12.3. The van der Waals surface area contributed by atoms with Crippen molar-refractivity contribution in [3.05, 3.63) is 49.9 Å². The first kappa shape index (κ1) is 13.2. The summed E-state index contributed by atoms with van der Waals surface area (Å²) in [6, 6.07) is 6.02. The van der Waals surface area contributed by atoms with Crippen LogP contribution < -0.4 is 5.32 Å². The number of thiophene rings is 1. The monoisotopic (exact) mass is 327 g/mol. The second-order valence-corrected chi connectivity index (χ2v) is 6.04. The molecule has 1 N–H and O–H groups in total. The van der Waals surface area contributed by atoms with E-state index in [1.165, 1.54) is 29.5 Å². The third-order valence-corrected chi connectivity index (χ3v) is 4.38. The van der Waals surface area contributed by atoms with Crippen molar-refractivity contribution in [3.63, 3.8) is 0 Å². The van der Waals surface area contributed by atoms with Crippen LogP contribution in [0.1, 0.15) is 20.1 Å². The highest BCUT2D eigenvalue weighted by Crippen LogP contribution is 2.26. The van der Waals surface area contributed by atoms with Crippen LogP contribution in [0.2, 0.25) is 0 Å². The van der Waals surface area contributed by atoms with Crippen molar-refractivity contribution in [2.24, 2.45) is 0 Å². The lowest BCUT2D eigenvalue weighted by molar-refractivity contribution is 0.103. The van der Waals surface area contributed by atoms with Crippen molar-refractivity contribution in [1.29, 1.82) is 0 Å². The summed E-state index contributed by atoms with van der Waals surface area (Å²) in [5, 5.41) is 2.75. The van der Waals surface area contributed by atoms with E-state index in [-0.39, 0.29) is 11.7 Å². The first-order chi connectivity index (χ1) is 8.47. The van der Waals surface area contributed by atoms with Crippen molar-refractivity contribution >= 4 is 38.9 Å². The SMILES string of the molecule is Cc1cc(C(=O)Nc2ccc(F)cc2Br)sc1C. The van der Waals surface area contributed by atoms with E-state index >= 15 is 0 Å². The van der Waals surface area contributed by atoms with Crippen LogP contribution in [0.4, 0.5) is 10.1 Å². The van der Waals surface area contributed by atoms with E-state index in [9.17, 15) is 9.18 Å². The van der Waals surface area contributed by atoms with Crippen LogP contribution in [0.15, 0.2) is 28.7 Å². The Morgan fingerprint density at radius 2 is 2.06 bits per heavy atom. The van der Waals surface area contributed by atoms with Gasteiger partial charge in [-0.2, -0.15) is 0 Å². The lowest BCUT2D eigenvalue weighted by atomic mass is 10.2. The Balaban J connectivity index is 2.21. The highest BCUT2D eigenvalue weighted by molar-refractivity contribution is 9.10. The number of carbonyl (C=O) groups excluding carboxylic acids is 1. The maximum atomic E-state index is 12.9. The lowest BCUT2D eigenvalue weighted by Gasteiger charge is -2.05. The molecule has 18 heavy (non-hydrogen) atoms. The van der Waals surface area contributed by atoms with E-state index in [1.54, 1.807) is 0 Å². The quantitative estimate of drug-likeness (QED) is 0.863. The number of nitrogens with one attached hydrogen (secondary N) is 1. The number of amides is 1. The van der Waals surface area contributed by atoms with Gasteiger partial charge in [-0.3, -0.25) is 4.79 Å². The third-order valence-electron chi connectivity index (χ3n) is 2.57. The van der Waals surface area contributed by atoms with Gasteiger partial charge in [-0.25, -0.2) is 4.39 Å². The van der Waals surface area contributed by atoms with Crippen LogP contribution in [-0.4, -0.2) is 5.91 Å². The van der Waals surface area contributed by atoms with Crippen LogP contribution in [0.5, 0.6) is 0 Å². The molecule has 1 aromatic heterocycles. The minimum atomic E-state index is -0.345. The zero-order chi connectivity index (χ0) is 13.3. The van der Waals surface area contributed by atoms with Crippen molar-refractivity contribution in [3.8, 4) is 0 Å². The number of anilines is 1. The molecule has 0 saturated carbocycles. The molecule has 1 amide bonds. The Hall–Kier alpha value is -1.20. The van der Waals surface area contributed by atoms with Crippen LogP contribution in [0.3, 0.4) is 0 Å². The van der Waals surface area contributed by atoms with Gasteiger partial charge in [0.15, 0.2) is 0 Å². The van der Waals surface area contributed by atoms with Gasteiger partial charge in [-0.1, -0.05) is 0 Å². The molecule has 1 heterocycles. The number of benzene rings is 1. The Labute approximate surface area is 117 Å². The summed E-state index contributed by atoms with van der Waals surface area (Å²) in [6.45, 7) is 3.95. The van der Waals surface area contributed by atoms with Crippen LogP contribution in [0, 0.1) is 19.7 Å². The second kappa shape index (κ2) is 5.20. The number of halogens is 2. The van der Waals surface area contributed by atoms with Gasteiger partial charge < -0.3 is 5.32 Å². The molecule has 2 aromatic rings. The fraction of sp³-hybridized carbons (Fsp3) is 0.154. The van der Waals surface area contributed by atoms with Gasteiger partial charge in [0.25, 0.3) is 5.91 Å². The first-order valence-corrected chi connectivity index (χ1v) is 6.92. The molecule has 0 fully saturated rings. The zero-order valence-electron chi connectivity index (χ0n) is 9.88. The highest BCUT2D eigenvalue weighted by Gasteiger charge is 2.12. The molecular formula is C13H11BrFNOS. The Morgan fingerprint density at radius 1 is 1.33 bits per heavy atom. The summed E-state index contributed by atoms with van der Waals surface area (Å²) in [5.74, 6) is -0.522. The second-order valence-electron chi connectivity index (χ2n) is 3.93. The topological polar surface area (TPSA) is 29.1 Å². The van der Waals surface area contributed by atoms with E-state index in [4.69, 9.17) is 0 Å². The largest absolute Gasteiger partial charge is 0.320 e. The van der Waals surface area contributed by atoms with E-state index in [0.29, 0.717) is 15.0 Å². The highest BCUT2D eigenvalue weighted by atomic mass is 79.9. The molecule has 94 valence electrons. The molecule has 0 saturated heterocycles. The summed E-state index contributed by atoms with van der Waals surface area (Å²) >= 11 is 4.67. The van der Waals surface area contributed by atoms with E-state index in [2.05, 4.69) is 21.2 Å². The molecule has 2 nitrogen and oxygen atoms in total. The van der Waals surface area contributed by atoms with Gasteiger partial charge in [-0.15, -0.1) is 11.3 Å². The molecule has 0 atom stereocenters. The third kappa shape index (κ3) is 2.79. The van der Waals surface area contributed by atoms with Gasteiger partial charge in [0.05, 0.1) is 10.6 Å². The Morgan fingerprint density at radius 3 is 2.61 bits per heavy atom. The summed E-state index contributed by atoms with van der Waals surface area (Å²) in [6.07, 6.45) is 0. The fourth-order valence-corrected chi connectivity index (χ4v) is 2.84. The minimum absolute atomic E-state index is 0.177. The van der Waals surface area contributed by atoms with Crippen LogP contribution in [-0.2, 0) is 0 Å². The predicted molar refractivity (Wildman–Crippen MR) is 75.8 cm³/mol. The number of carbonyl (C=O) groups is 1. The summed E-state index contributed by atoms with van der Waals surface area (Å²) < 4.78 is 13.5. The molecule has 0 unspecified atom stereocenters. The molecule has 0 aliphatic rings. The molecule has 1 aromatic carbocycles. The number of hydrogen-bond donors (Lipinski definition) is 1. The molecule has 0 radical (unpaired) electrons. The molecule has 0 spiro atoms. The van der Waals surface area contributed by atoms with Crippen molar-refractivity contribution in [1.82, 2.24) is 0 Å². The Bertz CT molecular complexity index is 590. The van der Waals surface area contributed by atoms with Gasteiger partial charge in [0.2, 0.25) is 0 Å². The average Bonchev–Trinajstić information content (AvgIpc) is 2.63. The number of aryl methyl sites for hydroxylation is 2. The smallest absolute Gasteiger partial charge is 0.265 e. The number of hydrogen-bond acceptors (Lipinski definition) is 2. The maximum absolute atomic E-state index is 12.9. The van der Waals surface area contributed by atoms with E-state index < -0.39 is 0 Å². The van der Waals surface area contributed by atoms with Crippen LogP contribution in [0.25, 0.3) is 0 Å².